The molecule has 1 unspecified atom stereocenters. The van der Waals surface area contributed by atoms with Crippen LogP contribution in [0.1, 0.15) is 28.2 Å². The first-order valence-corrected chi connectivity index (χ1v) is 13.4. The third-order valence-electron chi connectivity index (χ3n) is 6.27. The second-order valence-electron chi connectivity index (χ2n) is 8.79. The number of carbonyl (C=O) groups excluding carboxylic acids is 1. The molecule has 0 saturated heterocycles. The van der Waals surface area contributed by atoms with E-state index in [0.717, 1.165) is 46.8 Å². The molecule has 0 spiro atoms. The molecule has 3 aromatic carbocycles. The van der Waals surface area contributed by atoms with Gasteiger partial charge in [-0.1, -0.05) is 42.5 Å². The number of rotatable bonds is 11. The van der Waals surface area contributed by atoms with Crippen LogP contribution in [-0.4, -0.2) is 50.2 Å². The van der Waals surface area contributed by atoms with E-state index in [1.165, 1.54) is 0 Å². The summed E-state index contributed by atoms with van der Waals surface area (Å²) in [6, 6.07) is 21.6. The Morgan fingerprint density at radius 2 is 1.73 bits per heavy atom. The van der Waals surface area contributed by atoms with Crippen LogP contribution in [-0.2, 0) is 11.2 Å². The van der Waals surface area contributed by atoms with Crippen molar-refractivity contribution in [2.24, 2.45) is 5.10 Å². The van der Waals surface area contributed by atoms with Crippen molar-refractivity contribution in [2.75, 3.05) is 43.0 Å². The average Bonchev–Trinajstić information content (AvgIpc) is 2.92. The van der Waals surface area contributed by atoms with Crippen molar-refractivity contribution in [2.45, 2.75) is 19.3 Å². The van der Waals surface area contributed by atoms with Crippen molar-refractivity contribution in [1.82, 2.24) is 5.43 Å². The maximum atomic E-state index is 13.3. The van der Waals surface area contributed by atoms with Crippen LogP contribution in [0.4, 0.5) is 5.69 Å². The van der Waals surface area contributed by atoms with Crippen molar-refractivity contribution in [3.05, 3.63) is 89.0 Å². The quantitative estimate of drug-likeness (QED) is 0.198. The van der Waals surface area contributed by atoms with Gasteiger partial charge in [-0.2, -0.15) is 5.10 Å². The van der Waals surface area contributed by atoms with Gasteiger partial charge in [-0.25, -0.2) is 5.43 Å². The summed E-state index contributed by atoms with van der Waals surface area (Å²) in [5.41, 5.74) is 7.68. The van der Waals surface area contributed by atoms with Crippen molar-refractivity contribution >= 4 is 41.0 Å². The number of benzene rings is 3. The van der Waals surface area contributed by atoms with Crippen LogP contribution in [0.5, 0.6) is 11.5 Å². The summed E-state index contributed by atoms with van der Waals surface area (Å²) < 4.78 is 11.3. The van der Waals surface area contributed by atoms with Crippen molar-refractivity contribution in [3.63, 3.8) is 0 Å². The molecule has 1 heterocycles. The predicted octanol–water partition coefficient (Wildman–Crippen LogP) is 5.53. The summed E-state index contributed by atoms with van der Waals surface area (Å²) in [4.78, 5) is 15.4. The molecule has 8 heteroatoms. The van der Waals surface area contributed by atoms with Gasteiger partial charge in [0.25, 0.3) is 0 Å². The van der Waals surface area contributed by atoms with Crippen LogP contribution < -0.4 is 19.8 Å². The Hall–Kier alpha value is -3.22. The van der Waals surface area contributed by atoms with E-state index in [0.29, 0.717) is 37.1 Å². The molecular formula is C29H31Cl2N3O3. The second kappa shape index (κ2) is 13.4. The summed E-state index contributed by atoms with van der Waals surface area (Å²) >= 11 is 11.9. The number of anilines is 1. The van der Waals surface area contributed by atoms with E-state index in [2.05, 4.69) is 21.5 Å². The minimum atomic E-state index is -0.413. The molecule has 3 aromatic rings. The smallest absolute Gasteiger partial charge is 0.247 e. The topological polar surface area (TPSA) is 63.2 Å². The first-order chi connectivity index (χ1) is 18.1. The summed E-state index contributed by atoms with van der Waals surface area (Å²) in [5, 5.41) is 4.28. The lowest BCUT2D eigenvalue weighted by Crippen LogP contribution is -2.27. The molecule has 0 radical (unpaired) electrons. The molecule has 1 N–H and O–H groups in total. The predicted molar refractivity (Wildman–Crippen MR) is 151 cm³/mol. The van der Waals surface area contributed by atoms with E-state index in [4.69, 9.17) is 32.7 Å². The van der Waals surface area contributed by atoms with Gasteiger partial charge in [0.2, 0.25) is 5.91 Å². The monoisotopic (exact) mass is 539 g/mol. The Bertz CT molecular complexity index is 1210. The SMILES string of the molecule is Cc1cc(N(CCCl)CCCl)ccc1/C=N/NC(=O)C(Cc1ccc2c(c1)OCCO2)c1ccccc1. The van der Waals surface area contributed by atoms with E-state index in [-0.39, 0.29) is 5.91 Å². The van der Waals surface area contributed by atoms with Gasteiger partial charge in [-0.3, -0.25) is 4.79 Å². The normalized spacial score (nSPS) is 13.4. The minimum Gasteiger partial charge on any atom is -0.486 e. The van der Waals surface area contributed by atoms with Crippen LogP contribution in [0.25, 0.3) is 0 Å². The van der Waals surface area contributed by atoms with Crippen LogP contribution in [0.15, 0.2) is 71.8 Å². The number of ether oxygens (including phenoxy) is 2. The van der Waals surface area contributed by atoms with Gasteiger partial charge in [0, 0.05) is 30.5 Å². The lowest BCUT2D eigenvalue weighted by atomic mass is 9.91. The largest absolute Gasteiger partial charge is 0.486 e. The number of alkyl halides is 2. The van der Waals surface area contributed by atoms with Crippen LogP contribution in [0.3, 0.4) is 0 Å². The van der Waals surface area contributed by atoms with E-state index < -0.39 is 5.92 Å². The lowest BCUT2D eigenvalue weighted by molar-refractivity contribution is -0.122. The van der Waals surface area contributed by atoms with E-state index in [1.54, 1.807) is 6.21 Å². The fraction of sp³-hybridized carbons (Fsp3) is 0.310. The third kappa shape index (κ3) is 7.18. The molecule has 1 aliphatic rings. The van der Waals surface area contributed by atoms with Gasteiger partial charge < -0.3 is 14.4 Å². The zero-order valence-corrected chi connectivity index (χ0v) is 22.3. The van der Waals surface area contributed by atoms with E-state index >= 15 is 0 Å². The number of hydrogen-bond donors (Lipinski definition) is 1. The molecular weight excluding hydrogens is 509 g/mol. The zero-order valence-electron chi connectivity index (χ0n) is 20.8. The molecule has 1 aliphatic heterocycles. The highest BCUT2D eigenvalue weighted by Crippen LogP contribution is 2.32. The first-order valence-electron chi connectivity index (χ1n) is 12.3. The van der Waals surface area contributed by atoms with Crippen LogP contribution in [0, 0.1) is 6.92 Å². The Labute approximate surface area is 228 Å². The van der Waals surface area contributed by atoms with Crippen LogP contribution >= 0.6 is 23.2 Å². The Kier molecular flexibility index (Phi) is 9.69. The molecule has 0 bridgehead atoms. The Balaban J connectivity index is 1.47. The minimum absolute atomic E-state index is 0.179. The summed E-state index contributed by atoms with van der Waals surface area (Å²) in [7, 11) is 0. The van der Waals surface area contributed by atoms with Gasteiger partial charge in [-0.15, -0.1) is 23.2 Å². The van der Waals surface area contributed by atoms with Gasteiger partial charge in [0.05, 0.1) is 12.1 Å². The molecule has 0 aliphatic carbocycles. The maximum absolute atomic E-state index is 13.3. The maximum Gasteiger partial charge on any atom is 0.247 e. The van der Waals surface area contributed by atoms with E-state index in [1.807, 2.05) is 67.6 Å². The molecule has 4 rings (SSSR count). The second-order valence-corrected chi connectivity index (χ2v) is 9.54. The number of fused-ring (bicyclic) bond motifs is 1. The van der Waals surface area contributed by atoms with Gasteiger partial charge in [0.1, 0.15) is 13.2 Å². The Morgan fingerprint density at radius 3 is 2.43 bits per heavy atom. The number of aryl methyl sites for hydroxylation is 1. The molecule has 0 fully saturated rings. The number of nitrogens with zero attached hydrogens (tertiary/aromatic N) is 2. The highest BCUT2D eigenvalue weighted by atomic mass is 35.5. The van der Waals surface area contributed by atoms with Crippen molar-refractivity contribution < 1.29 is 14.3 Å². The van der Waals surface area contributed by atoms with Crippen molar-refractivity contribution in [1.29, 1.82) is 0 Å². The summed E-state index contributed by atoms with van der Waals surface area (Å²) in [6.45, 7) is 4.52. The number of hydrazone groups is 1. The molecule has 1 atom stereocenters. The molecule has 0 aromatic heterocycles. The number of halogens is 2. The Morgan fingerprint density at radius 1 is 1.00 bits per heavy atom. The number of amides is 1. The molecule has 37 heavy (non-hydrogen) atoms. The molecule has 194 valence electrons. The number of hydrogen-bond acceptors (Lipinski definition) is 5. The summed E-state index contributed by atoms with van der Waals surface area (Å²) in [5.74, 6) is 1.91. The lowest BCUT2D eigenvalue weighted by Gasteiger charge is -2.23. The van der Waals surface area contributed by atoms with Crippen LogP contribution in [0.2, 0.25) is 0 Å². The summed E-state index contributed by atoms with van der Waals surface area (Å²) in [6.07, 6.45) is 2.18. The number of nitrogens with one attached hydrogen (secondary N) is 1. The van der Waals surface area contributed by atoms with Crippen molar-refractivity contribution in [3.8, 4) is 11.5 Å². The van der Waals surface area contributed by atoms with Gasteiger partial charge >= 0.3 is 0 Å². The van der Waals surface area contributed by atoms with Gasteiger partial charge in [0.15, 0.2) is 11.5 Å². The first kappa shape index (κ1) is 26.8. The highest BCUT2D eigenvalue weighted by Gasteiger charge is 2.22. The van der Waals surface area contributed by atoms with Gasteiger partial charge in [-0.05, 0) is 59.9 Å². The third-order valence-corrected chi connectivity index (χ3v) is 6.61. The molecule has 0 saturated carbocycles. The standard InChI is InChI=1S/C29H31Cl2N3O3/c1-21-17-25(34(13-11-30)14-12-31)9-8-24(21)20-32-33-29(35)26(23-5-3-2-4-6-23)18-22-7-10-27-28(19-22)37-16-15-36-27/h2-10,17,19-20,26H,11-16,18H2,1H3,(H,33,35)/b32-20+. The highest BCUT2D eigenvalue weighted by molar-refractivity contribution is 6.18. The average molecular weight is 540 g/mol. The van der Waals surface area contributed by atoms with E-state index in [9.17, 15) is 4.79 Å². The molecule has 1 amide bonds. The fourth-order valence-corrected chi connectivity index (χ4v) is 4.72. The fourth-order valence-electron chi connectivity index (χ4n) is 4.32. The zero-order chi connectivity index (χ0) is 26.0. The number of carbonyl (C=O) groups is 1. The molecule has 6 nitrogen and oxygen atoms in total.